The van der Waals surface area contributed by atoms with Crippen molar-refractivity contribution in [1.82, 2.24) is 0 Å². The number of aliphatic hydroxyl groups excluding tert-OH is 2. The van der Waals surface area contributed by atoms with E-state index in [1.165, 1.54) is 0 Å². The Hall–Kier alpha value is -0.710. The third kappa shape index (κ3) is 2.91. The molecule has 19 heavy (non-hydrogen) atoms. The molecule has 0 radical (unpaired) electrons. The van der Waals surface area contributed by atoms with Crippen LogP contribution in [0.5, 0.6) is 0 Å². The fourth-order valence-corrected chi connectivity index (χ4v) is 8.87. The minimum absolute atomic E-state index is 0.846. The first-order valence-corrected chi connectivity index (χ1v) is 7.84. The van der Waals surface area contributed by atoms with Gasteiger partial charge in [0.15, 0.2) is 0 Å². The maximum Gasteiger partial charge on any atom is 0.372 e. The Morgan fingerprint density at radius 3 is 1.11 bits per heavy atom. The Labute approximate surface area is 113 Å². The number of carbonyl (C=O) groups is 2. The van der Waals surface area contributed by atoms with Crippen molar-refractivity contribution in [2.24, 2.45) is 0 Å². The van der Waals surface area contributed by atoms with E-state index in [0.29, 0.717) is 0 Å². The molecule has 0 aliphatic heterocycles. The molecule has 0 saturated heterocycles. The molecular weight excluding hydrogens is 271 g/mol. The SMILES string of the molecule is CC(C)(C)[P+](C(O)C(=O)O)(C(O)C(=O)O)C(C)(C)C. The molecule has 6 nitrogen and oxygen atoms in total. The molecule has 0 aromatic carbocycles. The van der Waals surface area contributed by atoms with E-state index in [4.69, 9.17) is 10.2 Å². The first-order valence-electron chi connectivity index (χ1n) is 5.91. The predicted molar refractivity (Wildman–Crippen MR) is 73.7 cm³/mol. The van der Waals surface area contributed by atoms with Crippen LogP contribution < -0.4 is 0 Å². The quantitative estimate of drug-likeness (QED) is 0.583. The van der Waals surface area contributed by atoms with Gasteiger partial charge in [0, 0.05) is 0 Å². The monoisotopic (exact) mass is 295 g/mol. The minimum atomic E-state index is -3.25. The molecule has 0 heterocycles. The maximum absolute atomic E-state index is 11.2. The normalized spacial score (nSPS) is 16.8. The average molecular weight is 295 g/mol. The van der Waals surface area contributed by atoms with E-state index in [-0.39, 0.29) is 0 Å². The van der Waals surface area contributed by atoms with E-state index in [1.807, 2.05) is 0 Å². The van der Waals surface area contributed by atoms with E-state index in [1.54, 1.807) is 41.5 Å². The van der Waals surface area contributed by atoms with Crippen molar-refractivity contribution in [2.45, 2.75) is 63.5 Å². The highest BCUT2D eigenvalue weighted by atomic mass is 31.2. The van der Waals surface area contributed by atoms with Crippen LogP contribution in [-0.2, 0) is 9.59 Å². The second-order valence-electron chi connectivity index (χ2n) is 6.54. The van der Waals surface area contributed by atoms with Crippen LogP contribution in [-0.4, -0.2) is 54.4 Å². The Bertz CT molecular complexity index is 329. The zero-order valence-corrected chi connectivity index (χ0v) is 13.1. The lowest BCUT2D eigenvalue weighted by molar-refractivity contribution is -0.144. The third-order valence-corrected chi connectivity index (χ3v) is 9.86. The van der Waals surface area contributed by atoms with Crippen molar-refractivity contribution in [3.8, 4) is 0 Å². The van der Waals surface area contributed by atoms with Crippen LogP contribution >= 0.6 is 7.26 Å². The molecule has 4 N–H and O–H groups in total. The zero-order valence-electron chi connectivity index (χ0n) is 12.2. The molecule has 0 aliphatic carbocycles. The lowest BCUT2D eigenvalue weighted by Crippen LogP contribution is -2.50. The number of carboxylic acid groups (broad SMARTS) is 2. The minimum Gasteiger partial charge on any atom is -0.476 e. The molecule has 2 unspecified atom stereocenters. The number of hydrogen-bond acceptors (Lipinski definition) is 4. The van der Waals surface area contributed by atoms with E-state index < -0.39 is 41.2 Å². The summed E-state index contributed by atoms with van der Waals surface area (Å²) in [5.74, 6) is -6.78. The predicted octanol–water partition coefficient (Wildman–Crippen LogP) is 1.41. The highest BCUT2D eigenvalue weighted by Gasteiger charge is 2.71. The van der Waals surface area contributed by atoms with Gasteiger partial charge in [0.05, 0.1) is 10.3 Å². The second kappa shape index (κ2) is 5.35. The summed E-state index contributed by atoms with van der Waals surface area (Å²) in [7, 11) is -3.25. The molecule has 0 spiro atoms. The highest BCUT2D eigenvalue weighted by Crippen LogP contribution is 2.81. The zero-order chi connectivity index (χ0) is 15.8. The fourth-order valence-electron chi connectivity index (χ4n) is 2.96. The van der Waals surface area contributed by atoms with Crippen molar-refractivity contribution in [3.63, 3.8) is 0 Å². The van der Waals surface area contributed by atoms with Gasteiger partial charge in [-0.15, -0.1) is 0 Å². The number of aliphatic hydroxyl groups is 2. The summed E-state index contributed by atoms with van der Waals surface area (Å²) in [5, 5.41) is 36.9. The van der Waals surface area contributed by atoms with Crippen molar-refractivity contribution in [1.29, 1.82) is 0 Å². The van der Waals surface area contributed by atoms with Gasteiger partial charge in [-0.3, -0.25) is 0 Å². The molecule has 0 bridgehead atoms. The molecule has 0 aromatic rings. The fraction of sp³-hybridized carbons (Fsp3) is 0.833. The Kier molecular flexibility index (Phi) is 5.15. The number of rotatable bonds is 4. The summed E-state index contributed by atoms with van der Waals surface area (Å²) in [6.45, 7) is 9.94. The molecule has 0 fully saturated rings. The molecule has 2 atom stereocenters. The summed E-state index contributed by atoms with van der Waals surface area (Å²) in [5.41, 5.74) is 0. The summed E-state index contributed by atoms with van der Waals surface area (Å²) < 4.78 is 0. The molecular formula is C12H24O6P+. The van der Waals surface area contributed by atoms with E-state index in [2.05, 4.69) is 0 Å². The largest absolute Gasteiger partial charge is 0.476 e. The van der Waals surface area contributed by atoms with Crippen molar-refractivity contribution in [3.05, 3.63) is 0 Å². The second-order valence-corrected chi connectivity index (χ2v) is 11.8. The van der Waals surface area contributed by atoms with Crippen LogP contribution in [0.15, 0.2) is 0 Å². The third-order valence-electron chi connectivity index (χ3n) is 3.43. The number of carboxylic acids is 2. The number of aliphatic carboxylic acids is 2. The summed E-state index contributed by atoms with van der Waals surface area (Å²) in [4.78, 5) is 22.5. The molecule has 7 heteroatoms. The molecule has 0 rings (SSSR count). The van der Waals surface area contributed by atoms with Crippen molar-refractivity contribution < 1.29 is 30.0 Å². The van der Waals surface area contributed by atoms with Crippen LogP contribution in [0.2, 0.25) is 0 Å². The van der Waals surface area contributed by atoms with Gasteiger partial charge < -0.3 is 20.4 Å². The van der Waals surface area contributed by atoms with Gasteiger partial charge in [-0.2, -0.15) is 0 Å². The van der Waals surface area contributed by atoms with Crippen molar-refractivity contribution >= 4 is 19.2 Å². The summed E-state index contributed by atoms with van der Waals surface area (Å²) in [6.07, 6.45) is 0. The van der Waals surface area contributed by atoms with Gasteiger partial charge in [0.1, 0.15) is 7.26 Å². The van der Waals surface area contributed by atoms with Crippen LogP contribution in [0, 0.1) is 0 Å². The Morgan fingerprint density at radius 1 is 0.789 bits per heavy atom. The molecule has 112 valence electrons. The summed E-state index contributed by atoms with van der Waals surface area (Å²) in [6, 6.07) is 0. The van der Waals surface area contributed by atoms with Crippen LogP contribution in [0.3, 0.4) is 0 Å². The topological polar surface area (TPSA) is 115 Å². The maximum atomic E-state index is 11.2. The van der Waals surface area contributed by atoms with Gasteiger partial charge in [-0.25, -0.2) is 9.59 Å². The Balaban J connectivity index is 6.38. The van der Waals surface area contributed by atoms with Gasteiger partial charge in [0.2, 0.25) is 0 Å². The molecule has 0 amide bonds. The number of hydrogen-bond donors (Lipinski definition) is 4. The molecule has 0 aliphatic rings. The van der Waals surface area contributed by atoms with E-state index in [9.17, 15) is 19.8 Å². The van der Waals surface area contributed by atoms with Gasteiger partial charge in [-0.05, 0) is 41.5 Å². The standard InChI is InChI=1S/C12H23O6P/c1-11(2,3)19(12(4,5)6,9(17)7(13)14)10(18)8(15)16/h9-10,17-18H,1-6H3,(H-,13,14,15,16)/p+1. The molecule has 0 saturated carbocycles. The highest BCUT2D eigenvalue weighted by molar-refractivity contribution is 7.81. The smallest absolute Gasteiger partial charge is 0.372 e. The van der Waals surface area contributed by atoms with E-state index in [0.717, 1.165) is 0 Å². The molecule has 0 aromatic heterocycles. The van der Waals surface area contributed by atoms with Crippen LogP contribution in [0.25, 0.3) is 0 Å². The Morgan fingerprint density at radius 2 is 1.00 bits per heavy atom. The first-order chi connectivity index (χ1) is 8.21. The van der Waals surface area contributed by atoms with Crippen LogP contribution in [0.4, 0.5) is 0 Å². The van der Waals surface area contributed by atoms with Crippen molar-refractivity contribution in [2.75, 3.05) is 0 Å². The first kappa shape index (κ1) is 18.3. The van der Waals surface area contributed by atoms with Gasteiger partial charge in [0.25, 0.3) is 11.7 Å². The van der Waals surface area contributed by atoms with E-state index >= 15 is 0 Å². The lowest BCUT2D eigenvalue weighted by Gasteiger charge is -2.48. The van der Waals surface area contributed by atoms with Gasteiger partial charge >= 0.3 is 11.9 Å². The lowest BCUT2D eigenvalue weighted by atomic mass is 10.2. The summed E-state index contributed by atoms with van der Waals surface area (Å²) >= 11 is 0. The average Bonchev–Trinajstić information content (AvgIpc) is 2.12. The van der Waals surface area contributed by atoms with Gasteiger partial charge in [-0.1, -0.05) is 0 Å². The van der Waals surface area contributed by atoms with Crippen LogP contribution in [0.1, 0.15) is 41.5 Å².